The monoisotopic (exact) mass is 495 g/mol. The second kappa shape index (κ2) is 8.92. The zero-order valence-corrected chi connectivity index (χ0v) is 18.7. The number of rotatable bonds is 5. The summed E-state index contributed by atoms with van der Waals surface area (Å²) >= 11 is 1.32. The molecule has 0 aliphatic rings. The normalized spacial score (nSPS) is 11.6. The van der Waals surface area contributed by atoms with Gasteiger partial charge in [-0.2, -0.15) is 13.2 Å². The summed E-state index contributed by atoms with van der Waals surface area (Å²) in [5, 5.41) is 10.4. The van der Waals surface area contributed by atoms with Gasteiger partial charge in [0.05, 0.1) is 21.4 Å². The summed E-state index contributed by atoms with van der Waals surface area (Å²) in [7, 11) is 0. The van der Waals surface area contributed by atoms with E-state index < -0.39 is 11.7 Å². The van der Waals surface area contributed by atoms with Crippen molar-refractivity contribution in [1.82, 2.24) is 4.98 Å². The first-order valence-corrected chi connectivity index (χ1v) is 11.2. The third-order valence-electron chi connectivity index (χ3n) is 5.32. The quantitative estimate of drug-likeness (QED) is 0.288. The molecule has 1 N–H and O–H groups in total. The summed E-state index contributed by atoms with van der Waals surface area (Å²) < 4.78 is 49.7. The molecule has 0 bridgehead atoms. The summed E-state index contributed by atoms with van der Waals surface area (Å²) in [5.74, 6) is 0.593. The summed E-state index contributed by atoms with van der Waals surface area (Å²) in [4.78, 5) is 17.9. The Bertz CT molecular complexity index is 1560. The van der Waals surface area contributed by atoms with Crippen molar-refractivity contribution < 1.29 is 27.4 Å². The van der Waals surface area contributed by atoms with Crippen LogP contribution < -0.4 is 10.2 Å². The van der Waals surface area contributed by atoms with Gasteiger partial charge in [0.15, 0.2) is 5.43 Å². The van der Waals surface area contributed by atoms with Crippen molar-refractivity contribution >= 4 is 22.3 Å². The van der Waals surface area contributed by atoms with Crippen LogP contribution in [0.5, 0.6) is 11.5 Å². The number of aromatic hydroxyl groups is 1. The molecule has 5 rings (SSSR count). The molecule has 35 heavy (non-hydrogen) atoms. The number of halogens is 3. The van der Waals surface area contributed by atoms with Crippen molar-refractivity contribution in [3.63, 3.8) is 0 Å². The van der Waals surface area contributed by atoms with Crippen LogP contribution in [0.15, 0.2) is 88.4 Å². The first-order chi connectivity index (χ1) is 16.8. The second-order valence-electron chi connectivity index (χ2n) is 7.68. The Morgan fingerprint density at radius 2 is 1.69 bits per heavy atom. The molecule has 5 nitrogen and oxygen atoms in total. The van der Waals surface area contributed by atoms with E-state index in [0.717, 1.165) is 17.0 Å². The molecule has 2 heterocycles. The lowest BCUT2D eigenvalue weighted by molar-refractivity contribution is -0.137. The van der Waals surface area contributed by atoms with Crippen molar-refractivity contribution in [2.45, 2.75) is 12.8 Å². The Kier molecular flexibility index (Phi) is 5.78. The highest BCUT2D eigenvalue weighted by atomic mass is 32.1. The van der Waals surface area contributed by atoms with Crippen LogP contribution in [0.2, 0.25) is 0 Å². The molecule has 2 aromatic heterocycles. The molecule has 0 saturated heterocycles. The third kappa shape index (κ3) is 4.76. The molecule has 0 atom stereocenters. The fraction of sp³-hybridized carbons (Fsp3) is 0.0769. The molecular weight excluding hydrogens is 479 g/mol. The zero-order valence-electron chi connectivity index (χ0n) is 17.9. The highest BCUT2D eigenvalue weighted by molar-refractivity contribution is 7.15. The van der Waals surface area contributed by atoms with Gasteiger partial charge in [-0.25, -0.2) is 4.98 Å². The molecule has 176 valence electrons. The van der Waals surface area contributed by atoms with E-state index in [1.165, 1.54) is 41.9 Å². The molecule has 0 fully saturated rings. The minimum Gasteiger partial charge on any atom is -0.508 e. The van der Waals surface area contributed by atoms with Crippen LogP contribution in [-0.4, -0.2) is 10.1 Å². The maximum Gasteiger partial charge on any atom is 0.416 e. The number of fused-ring (bicyclic) bond motifs is 1. The molecule has 0 aliphatic heterocycles. The zero-order chi connectivity index (χ0) is 24.6. The topological polar surface area (TPSA) is 72.6 Å². The van der Waals surface area contributed by atoms with Crippen molar-refractivity contribution in [3.8, 4) is 33.2 Å². The second-order valence-corrected chi connectivity index (χ2v) is 8.79. The van der Waals surface area contributed by atoms with Gasteiger partial charge in [0.25, 0.3) is 0 Å². The molecule has 0 aliphatic carbocycles. The summed E-state index contributed by atoms with van der Waals surface area (Å²) in [6, 6.07) is 16.0. The van der Waals surface area contributed by atoms with E-state index in [1.807, 2.05) is 0 Å². The summed E-state index contributed by atoms with van der Waals surface area (Å²) in [6.07, 6.45) is -1.39. The Balaban J connectivity index is 1.31. The molecule has 5 aromatic rings. The van der Waals surface area contributed by atoms with Gasteiger partial charge in [0.2, 0.25) is 0 Å². The minimum absolute atomic E-state index is 0.105. The average Bonchev–Trinajstić information content (AvgIpc) is 3.32. The first-order valence-electron chi connectivity index (χ1n) is 10.4. The van der Waals surface area contributed by atoms with E-state index in [0.29, 0.717) is 38.4 Å². The highest BCUT2D eigenvalue weighted by Gasteiger charge is 2.30. The number of hydrogen-bond acceptors (Lipinski definition) is 6. The van der Waals surface area contributed by atoms with Gasteiger partial charge >= 0.3 is 6.18 Å². The fourth-order valence-electron chi connectivity index (χ4n) is 3.50. The number of alkyl halides is 3. The van der Waals surface area contributed by atoms with Crippen molar-refractivity contribution in [1.29, 1.82) is 0 Å². The standard InChI is InChI=1S/C26H16F3NO4S/c27-26(28,29)17-5-1-16(2-6-17)25-30-12-20(35-25)13-33-19-9-10-21-23(11-19)34-14-22(24(21)32)15-3-7-18(31)8-4-15/h1-12,14,31H,13H2. The lowest BCUT2D eigenvalue weighted by Gasteiger charge is -2.07. The third-order valence-corrected chi connectivity index (χ3v) is 6.34. The molecule has 9 heteroatoms. The first kappa shape index (κ1) is 22.7. The largest absolute Gasteiger partial charge is 0.508 e. The van der Waals surface area contributed by atoms with Crippen LogP contribution in [0.4, 0.5) is 13.2 Å². The SMILES string of the molecule is O=c1c(-c2ccc(O)cc2)coc2cc(OCc3cnc(-c4ccc(C(F)(F)F)cc4)s3)ccc12. The number of benzene rings is 3. The summed E-state index contributed by atoms with van der Waals surface area (Å²) in [6.45, 7) is 0.194. The smallest absolute Gasteiger partial charge is 0.416 e. The van der Waals surface area contributed by atoms with Crippen LogP contribution in [0.1, 0.15) is 10.4 Å². The van der Waals surface area contributed by atoms with E-state index >= 15 is 0 Å². The number of ether oxygens (including phenoxy) is 1. The van der Waals surface area contributed by atoms with E-state index in [4.69, 9.17) is 9.15 Å². The Morgan fingerprint density at radius 3 is 2.40 bits per heavy atom. The van der Waals surface area contributed by atoms with Crippen LogP contribution in [0.25, 0.3) is 32.7 Å². The molecule has 0 spiro atoms. The molecule has 0 amide bonds. The van der Waals surface area contributed by atoms with Gasteiger partial charge in [-0.05, 0) is 42.0 Å². The maximum atomic E-state index is 12.9. The van der Waals surface area contributed by atoms with Gasteiger partial charge in [-0.1, -0.05) is 24.3 Å². The lowest BCUT2D eigenvalue weighted by Crippen LogP contribution is -2.04. The number of hydrogen-bond donors (Lipinski definition) is 1. The van der Waals surface area contributed by atoms with Crippen LogP contribution in [-0.2, 0) is 12.8 Å². The van der Waals surface area contributed by atoms with Crippen LogP contribution >= 0.6 is 11.3 Å². The molecule has 0 saturated carbocycles. The van der Waals surface area contributed by atoms with E-state index in [2.05, 4.69) is 4.98 Å². The van der Waals surface area contributed by atoms with Gasteiger partial charge in [-0.15, -0.1) is 11.3 Å². The maximum absolute atomic E-state index is 12.9. The predicted molar refractivity (Wildman–Crippen MR) is 126 cm³/mol. The lowest BCUT2D eigenvalue weighted by atomic mass is 10.1. The minimum atomic E-state index is -4.38. The van der Waals surface area contributed by atoms with Crippen LogP contribution in [0.3, 0.4) is 0 Å². The fourth-order valence-corrected chi connectivity index (χ4v) is 4.33. The number of nitrogens with zero attached hydrogens (tertiary/aromatic N) is 1. The average molecular weight is 495 g/mol. The predicted octanol–water partition coefficient (Wildman–Crippen LogP) is 6.89. The van der Waals surface area contributed by atoms with Crippen molar-refractivity contribution in [3.05, 3.63) is 99.9 Å². The van der Waals surface area contributed by atoms with Crippen LogP contribution in [0, 0.1) is 0 Å². The van der Waals surface area contributed by atoms with Crippen molar-refractivity contribution in [2.75, 3.05) is 0 Å². The van der Waals surface area contributed by atoms with E-state index in [9.17, 15) is 23.1 Å². The number of thiazole rings is 1. The number of aromatic nitrogens is 1. The van der Waals surface area contributed by atoms with E-state index in [-0.39, 0.29) is 17.8 Å². The van der Waals surface area contributed by atoms with E-state index in [1.54, 1.807) is 36.5 Å². The number of phenolic OH excluding ortho intramolecular Hbond substituents is 1. The molecular formula is C26H16F3NO4S. The van der Waals surface area contributed by atoms with Gasteiger partial charge in [0, 0.05) is 17.8 Å². The molecule has 3 aromatic carbocycles. The highest BCUT2D eigenvalue weighted by Crippen LogP contribution is 2.32. The molecule has 0 radical (unpaired) electrons. The Labute approximate surface area is 200 Å². The summed E-state index contributed by atoms with van der Waals surface area (Å²) in [5.41, 5.74) is 1.06. The Hall–Kier alpha value is -4.11. The van der Waals surface area contributed by atoms with Gasteiger partial charge < -0.3 is 14.3 Å². The van der Waals surface area contributed by atoms with Crippen molar-refractivity contribution in [2.24, 2.45) is 0 Å². The molecule has 0 unspecified atom stereocenters. The van der Waals surface area contributed by atoms with Gasteiger partial charge in [0.1, 0.15) is 35.0 Å². The number of phenols is 1. The van der Waals surface area contributed by atoms with Gasteiger partial charge in [-0.3, -0.25) is 4.79 Å². The Morgan fingerprint density at radius 1 is 0.971 bits per heavy atom.